The van der Waals surface area contributed by atoms with E-state index in [-0.39, 0.29) is 0 Å². The second-order valence-corrected chi connectivity index (χ2v) is 5.83. The second kappa shape index (κ2) is 6.23. The Morgan fingerprint density at radius 3 is 2.35 bits per heavy atom. The van der Waals surface area contributed by atoms with Gasteiger partial charge in [-0.05, 0) is 26.3 Å². The van der Waals surface area contributed by atoms with Gasteiger partial charge >= 0.3 is 0 Å². The highest BCUT2D eigenvalue weighted by Gasteiger charge is 2.11. The molecular weight excluding hydrogens is 246 g/mol. The van der Waals surface area contributed by atoms with Gasteiger partial charge in [0.15, 0.2) is 0 Å². The van der Waals surface area contributed by atoms with Crippen molar-refractivity contribution in [3.05, 3.63) is 52.3 Å². The molecule has 2 rings (SSSR count). The lowest BCUT2D eigenvalue weighted by Crippen LogP contribution is -2.22. The molecule has 0 bridgehead atoms. The predicted molar refractivity (Wildman–Crippen MR) is 84.0 cm³/mol. The van der Waals surface area contributed by atoms with Crippen LogP contribution in [0.4, 0.5) is 0 Å². The molecule has 1 aromatic heterocycles. The number of nitrogens with zero attached hydrogens (tertiary/aromatic N) is 2. The zero-order chi connectivity index (χ0) is 14.7. The minimum absolute atomic E-state index is 0.495. The number of aromatic nitrogens is 2. The van der Waals surface area contributed by atoms with E-state index >= 15 is 0 Å². The Bertz CT molecular complexity index is 565. The van der Waals surface area contributed by atoms with Gasteiger partial charge in [-0.1, -0.05) is 43.7 Å². The first kappa shape index (κ1) is 14.8. The zero-order valence-corrected chi connectivity index (χ0v) is 13.2. The van der Waals surface area contributed by atoms with Crippen LogP contribution >= 0.6 is 0 Å². The van der Waals surface area contributed by atoms with Crippen molar-refractivity contribution in [2.45, 2.75) is 53.8 Å². The minimum Gasteiger partial charge on any atom is -0.310 e. The smallest absolute Gasteiger partial charge is 0.0662 e. The van der Waals surface area contributed by atoms with Gasteiger partial charge in [-0.25, -0.2) is 0 Å². The van der Waals surface area contributed by atoms with Crippen LogP contribution in [0.3, 0.4) is 0 Å². The Morgan fingerprint density at radius 2 is 1.75 bits per heavy atom. The molecule has 2 aromatic rings. The van der Waals surface area contributed by atoms with Crippen molar-refractivity contribution in [1.29, 1.82) is 0 Å². The minimum atomic E-state index is 0.495. The van der Waals surface area contributed by atoms with E-state index in [0.29, 0.717) is 6.04 Å². The van der Waals surface area contributed by atoms with Crippen molar-refractivity contribution in [2.75, 3.05) is 0 Å². The summed E-state index contributed by atoms with van der Waals surface area (Å²) >= 11 is 0. The van der Waals surface area contributed by atoms with Crippen molar-refractivity contribution in [3.8, 4) is 0 Å². The standard InChI is InChI=1S/C17H25N3/c1-12(2)18-10-17-14(4)19-20(15(17)5)11-16-8-6-13(3)7-9-16/h6-9,12,18H,10-11H2,1-5H3. The molecule has 3 nitrogen and oxygen atoms in total. The zero-order valence-electron chi connectivity index (χ0n) is 13.2. The van der Waals surface area contributed by atoms with Crippen molar-refractivity contribution >= 4 is 0 Å². The summed E-state index contributed by atoms with van der Waals surface area (Å²) < 4.78 is 2.11. The van der Waals surface area contributed by atoms with Crippen molar-refractivity contribution < 1.29 is 0 Å². The van der Waals surface area contributed by atoms with Gasteiger partial charge in [0, 0.05) is 23.8 Å². The highest BCUT2D eigenvalue weighted by Crippen LogP contribution is 2.15. The molecule has 1 heterocycles. The van der Waals surface area contributed by atoms with Gasteiger partial charge in [0.05, 0.1) is 12.2 Å². The summed E-state index contributed by atoms with van der Waals surface area (Å²) in [5.41, 5.74) is 6.30. The maximum absolute atomic E-state index is 4.68. The highest BCUT2D eigenvalue weighted by molar-refractivity contribution is 5.27. The SMILES string of the molecule is Cc1ccc(Cn2nc(C)c(CNC(C)C)c2C)cc1. The number of nitrogens with one attached hydrogen (secondary N) is 1. The fourth-order valence-electron chi connectivity index (χ4n) is 2.32. The quantitative estimate of drug-likeness (QED) is 0.903. The Balaban J connectivity index is 2.16. The van der Waals surface area contributed by atoms with E-state index in [1.54, 1.807) is 0 Å². The van der Waals surface area contributed by atoms with Gasteiger partial charge < -0.3 is 5.32 Å². The summed E-state index contributed by atoms with van der Waals surface area (Å²) in [7, 11) is 0. The lowest BCUT2D eigenvalue weighted by atomic mass is 10.1. The van der Waals surface area contributed by atoms with E-state index in [1.807, 2.05) is 0 Å². The highest BCUT2D eigenvalue weighted by atomic mass is 15.3. The molecule has 1 N–H and O–H groups in total. The number of benzene rings is 1. The molecule has 0 saturated carbocycles. The second-order valence-electron chi connectivity index (χ2n) is 5.83. The number of aryl methyl sites for hydroxylation is 2. The Labute approximate surface area is 122 Å². The largest absolute Gasteiger partial charge is 0.310 e. The molecule has 0 saturated heterocycles. The van der Waals surface area contributed by atoms with E-state index in [1.165, 1.54) is 22.4 Å². The van der Waals surface area contributed by atoms with E-state index in [0.717, 1.165) is 18.8 Å². The summed E-state index contributed by atoms with van der Waals surface area (Å²) in [6.07, 6.45) is 0. The molecule has 1 aromatic carbocycles. The van der Waals surface area contributed by atoms with Gasteiger partial charge in [0.2, 0.25) is 0 Å². The first-order valence-corrected chi connectivity index (χ1v) is 7.29. The summed E-state index contributed by atoms with van der Waals surface area (Å²) in [5, 5.41) is 8.16. The third-order valence-corrected chi connectivity index (χ3v) is 3.67. The van der Waals surface area contributed by atoms with E-state index in [9.17, 15) is 0 Å². The van der Waals surface area contributed by atoms with Crippen LogP contribution in [0.15, 0.2) is 24.3 Å². The fourth-order valence-corrected chi connectivity index (χ4v) is 2.32. The van der Waals surface area contributed by atoms with Crippen LogP contribution in [-0.2, 0) is 13.1 Å². The fraction of sp³-hybridized carbons (Fsp3) is 0.471. The molecule has 0 atom stereocenters. The van der Waals surface area contributed by atoms with Gasteiger partial charge in [0.25, 0.3) is 0 Å². The third kappa shape index (κ3) is 3.48. The summed E-state index contributed by atoms with van der Waals surface area (Å²) in [6.45, 7) is 12.4. The van der Waals surface area contributed by atoms with Crippen LogP contribution in [0.2, 0.25) is 0 Å². The molecular formula is C17H25N3. The van der Waals surface area contributed by atoms with Crippen LogP contribution in [0.25, 0.3) is 0 Å². The van der Waals surface area contributed by atoms with E-state index < -0.39 is 0 Å². The molecule has 0 fully saturated rings. The molecule has 0 aliphatic carbocycles. The molecule has 0 radical (unpaired) electrons. The summed E-state index contributed by atoms with van der Waals surface area (Å²) in [6, 6.07) is 9.16. The third-order valence-electron chi connectivity index (χ3n) is 3.67. The predicted octanol–water partition coefficient (Wildman–Crippen LogP) is 3.35. The molecule has 0 amide bonds. The van der Waals surface area contributed by atoms with Crippen LogP contribution in [0.5, 0.6) is 0 Å². The van der Waals surface area contributed by atoms with Crippen LogP contribution in [0.1, 0.15) is 41.9 Å². The lowest BCUT2D eigenvalue weighted by molar-refractivity contribution is 0.584. The molecule has 0 unspecified atom stereocenters. The molecule has 0 aliphatic rings. The number of hydrogen-bond donors (Lipinski definition) is 1. The van der Waals surface area contributed by atoms with Gasteiger partial charge in [0.1, 0.15) is 0 Å². The average Bonchev–Trinajstić information content (AvgIpc) is 2.65. The van der Waals surface area contributed by atoms with Crippen LogP contribution in [-0.4, -0.2) is 15.8 Å². The Hall–Kier alpha value is -1.61. The van der Waals surface area contributed by atoms with Gasteiger partial charge in [-0.3, -0.25) is 4.68 Å². The first-order chi connectivity index (χ1) is 9.47. The molecule has 0 spiro atoms. The Kier molecular flexibility index (Phi) is 4.61. The van der Waals surface area contributed by atoms with Crippen molar-refractivity contribution in [3.63, 3.8) is 0 Å². The molecule has 20 heavy (non-hydrogen) atoms. The average molecular weight is 271 g/mol. The Morgan fingerprint density at radius 1 is 1.10 bits per heavy atom. The summed E-state index contributed by atoms with van der Waals surface area (Å²) in [5.74, 6) is 0. The maximum Gasteiger partial charge on any atom is 0.0662 e. The summed E-state index contributed by atoms with van der Waals surface area (Å²) in [4.78, 5) is 0. The topological polar surface area (TPSA) is 29.9 Å². The van der Waals surface area contributed by atoms with E-state index in [4.69, 9.17) is 0 Å². The maximum atomic E-state index is 4.68. The van der Waals surface area contributed by atoms with Crippen LogP contribution in [0, 0.1) is 20.8 Å². The van der Waals surface area contributed by atoms with Gasteiger partial charge in [-0.2, -0.15) is 5.10 Å². The monoisotopic (exact) mass is 271 g/mol. The van der Waals surface area contributed by atoms with Gasteiger partial charge in [-0.15, -0.1) is 0 Å². The number of rotatable bonds is 5. The van der Waals surface area contributed by atoms with Crippen molar-refractivity contribution in [2.24, 2.45) is 0 Å². The number of hydrogen-bond acceptors (Lipinski definition) is 2. The van der Waals surface area contributed by atoms with Crippen molar-refractivity contribution in [1.82, 2.24) is 15.1 Å². The van der Waals surface area contributed by atoms with E-state index in [2.05, 4.69) is 74.0 Å². The first-order valence-electron chi connectivity index (χ1n) is 7.29. The van der Waals surface area contributed by atoms with Crippen LogP contribution < -0.4 is 5.32 Å². The molecule has 0 aliphatic heterocycles. The molecule has 108 valence electrons. The normalized spacial score (nSPS) is 11.3. The lowest BCUT2D eigenvalue weighted by Gasteiger charge is -2.09. The molecule has 3 heteroatoms.